The third kappa shape index (κ3) is 0.668. The van der Waals surface area contributed by atoms with Gasteiger partial charge in [0.2, 0.25) is 5.91 Å². The molecule has 1 fully saturated rings. The summed E-state index contributed by atoms with van der Waals surface area (Å²) in [5.41, 5.74) is 0. The number of fused-ring (bicyclic) bond motifs is 1. The first-order chi connectivity index (χ1) is 4.38. The molecule has 1 atom stereocenters. The summed E-state index contributed by atoms with van der Waals surface area (Å²) in [5.74, 6) is 0.212. The van der Waals surface area contributed by atoms with E-state index in [1.165, 1.54) is 11.9 Å². The van der Waals surface area contributed by atoms with Crippen LogP contribution in [0.15, 0.2) is 11.6 Å². The first-order valence-corrected chi connectivity index (χ1v) is 3.65. The molecule has 1 saturated heterocycles. The van der Waals surface area contributed by atoms with Gasteiger partial charge in [0.25, 0.3) is 0 Å². The largest absolute Gasteiger partial charge is 0.301 e. The quantitative estimate of drug-likeness (QED) is 0.389. The maximum atomic E-state index is 10.7. The molecule has 0 unspecified atom stereocenters. The van der Waals surface area contributed by atoms with Gasteiger partial charge < -0.3 is 4.90 Å². The highest BCUT2D eigenvalue weighted by Gasteiger charge is 2.35. The van der Waals surface area contributed by atoms with Crippen molar-refractivity contribution in [3.63, 3.8) is 0 Å². The van der Waals surface area contributed by atoms with Crippen LogP contribution < -0.4 is 4.72 Å². The molecule has 0 radical (unpaired) electrons. The van der Waals surface area contributed by atoms with Crippen LogP contribution in [0.5, 0.6) is 0 Å². The molecule has 0 bridgehead atoms. The van der Waals surface area contributed by atoms with Gasteiger partial charge in [0.05, 0.1) is 6.42 Å². The number of carbonyl (C=O) groups is 1. The lowest BCUT2D eigenvalue weighted by Gasteiger charge is -2.39. The third-order valence-electron chi connectivity index (χ3n) is 1.49. The highest BCUT2D eigenvalue weighted by atomic mass is 32.2. The summed E-state index contributed by atoms with van der Waals surface area (Å²) in [5, 5.41) is 1.87. The lowest BCUT2D eigenvalue weighted by molar-refractivity contribution is -0.141. The SMILES string of the molecule is O=C1C[C@@H]2NSC=CN12. The Hall–Kier alpha value is -0.480. The highest BCUT2D eigenvalue weighted by Crippen LogP contribution is 2.23. The number of amides is 1. The number of nitrogens with zero attached hydrogens (tertiary/aromatic N) is 1. The van der Waals surface area contributed by atoms with Crippen molar-refractivity contribution in [3.8, 4) is 0 Å². The fourth-order valence-electron chi connectivity index (χ4n) is 0.930. The van der Waals surface area contributed by atoms with E-state index in [0.717, 1.165) is 0 Å². The fraction of sp³-hybridized carbons (Fsp3) is 0.400. The predicted octanol–water partition coefficient (Wildman–Crippen LogP) is 0.267. The Balaban J connectivity index is 2.16. The van der Waals surface area contributed by atoms with Crippen LogP contribution in [0.25, 0.3) is 0 Å². The second-order valence-corrected chi connectivity index (χ2v) is 2.79. The number of β-lactam (4-membered cyclic amide) rings is 1. The van der Waals surface area contributed by atoms with Crippen molar-refractivity contribution in [2.45, 2.75) is 12.6 Å². The lowest BCUT2D eigenvalue weighted by atomic mass is 10.1. The summed E-state index contributed by atoms with van der Waals surface area (Å²) in [6.07, 6.45) is 2.74. The normalized spacial score (nSPS) is 31.8. The van der Waals surface area contributed by atoms with Gasteiger partial charge >= 0.3 is 0 Å². The topological polar surface area (TPSA) is 32.3 Å². The zero-order valence-corrected chi connectivity index (χ0v) is 5.52. The van der Waals surface area contributed by atoms with Crippen LogP contribution in [-0.4, -0.2) is 17.0 Å². The fourth-order valence-corrected chi connectivity index (χ4v) is 1.55. The van der Waals surface area contributed by atoms with Gasteiger partial charge in [-0.05, 0) is 11.9 Å². The average Bonchev–Trinajstić information content (AvgIpc) is 1.86. The van der Waals surface area contributed by atoms with E-state index < -0.39 is 0 Å². The van der Waals surface area contributed by atoms with E-state index in [-0.39, 0.29) is 12.1 Å². The molecule has 9 heavy (non-hydrogen) atoms. The summed E-state index contributed by atoms with van der Waals surface area (Å²) in [4.78, 5) is 12.4. The van der Waals surface area contributed by atoms with Crippen molar-refractivity contribution in [2.24, 2.45) is 0 Å². The van der Waals surface area contributed by atoms with Crippen LogP contribution in [0.3, 0.4) is 0 Å². The molecule has 2 rings (SSSR count). The van der Waals surface area contributed by atoms with Gasteiger partial charge in [-0.1, -0.05) is 0 Å². The van der Waals surface area contributed by atoms with E-state index in [9.17, 15) is 4.79 Å². The van der Waals surface area contributed by atoms with E-state index in [4.69, 9.17) is 0 Å². The summed E-state index contributed by atoms with van der Waals surface area (Å²) in [6, 6.07) is 0. The van der Waals surface area contributed by atoms with E-state index in [2.05, 4.69) is 4.72 Å². The molecule has 0 aliphatic carbocycles. The number of nitrogens with one attached hydrogen (secondary N) is 1. The Morgan fingerprint density at radius 3 is 3.33 bits per heavy atom. The molecule has 0 aromatic carbocycles. The van der Waals surface area contributed by atoms with E-state index in [1.807, 2.05) is 11.6 Å². The lowest BCUT2D eigenvalue weighted by Crippen LogP contribution is -2.56. The zero-order valence-electron chi connectivity index (χ0n) is 4.70. The van der Waals surface area contributed by atoms with Gasteiger partial charge in [-0.3, -0.25) is 4.79 Å². The van der Waals surface area contributed by atoms with Crippen LogP contribution >= 0.6 is 11.9 Å². The van der Waals surface area contributed by atoms with Crippen molar-refractivity contribution in [3.05, 3.63) is 11.6 Å². The second kappa shape index (κ2) is 1.75. The molecule has 0 aromatic heterocycles. The molecule has 2 aliphatic rings. The van der Waals surface area contributed by atoms with Crippen LogP contribution in [0.1, 0.15) is 6.42 Å². The van der Waals surface area contributed by atoms with E-state index in [1.54, 1.807) is 4.90 Å². The Morgan fingerprint density at radius 2 is 2.78 bits per heavy atom. The van der Waals surface area contributed by atoms with Gasteiger partial charge in [-0.2, -0.15) is 0 Å². The van der Waals surface area contributed by atoms with Gasteiger partial charge in [-0.15, -0.1) is 0 Å². The summed E-state index contributed by atoms with van der Waals surface area (Å²) in [6.45, 7) is 0. The summed E-state index contributed by atoms with van der Waals surface area (Å²) < 4.78 is 3.08. The van der Waals surface area contributed by atoms with Crippen LogP contribution in [0.2, 0.25) is 0 Å². The van der Waals surface area contributed by atoms with Gasteiger partial charge in [0.1, 0.15) is 6.17 Å². The Kier molecular flexibility index (Phi) is 1.03. The van der Waals surface area contributed by atoms with Crippen molar-refractivity contribution in [1.29, 1.82) is 0 Å². The molecule has 1 N–H and O–H groups in total. The number of hydrogen-bond acceptors (Lipinski definition) is 3. The maximum Gasteiger partial charge on any atom is 0.231 e. The van der Waals surface area contributed by atoms with Gasteiger partial charge in [-0.25, -0.2) is 4.72 Å². The molecular weight excluding hydrogens is 136 g/mol. The van der Waals surface area contributed by atoms with Gasteiger partial charge in [0.15, 0.2) is 0 Å². The van der Waals surface area contributed by atoms with Crippen LogP contribution in [-0.2, 0) is 4.79 Å². The van der Waals surface area contributed by atoms with E-state index >= 15 is 0 Å². The monoisotopic (exact) mass is 142 g/mol. The minimum Gasteiger partial charge on any atom is -0.301 e. The average molecular weight is 142 g/mol. The standard InChI is InChI=1S/C5H6N2OS/c8-5-3-4-6-9-2-1-7(4)5/h1-2,4,6H,3H2/t4-/m1/s1. The summed E-state index contributed by atoms with van der Waals surface area (Å²) >= 11 is 1.54. The molecule has 1 amide bonds. The third-order valence-corrected chi connectivity index (χ3v) is 2.15. The zero-order chi connectivity index (χ0) is 6.27. The Bertz CT molecular complexity index is 180. The minimum absolute atomic E-state index is 0.212. The van der Waals surface area contributed by atoms with Gasteiger partial charge in [0, 0.05) is 11.6 Å². The first kappa shape index (κ1) is 5.32. The molecule has 3 nitrogen and oxygen atoms in total. The molecule has 48 valence electrons. The smallest absolute Gasteiger partial charge is 0.231 e. The Labute approximate surface area is 57.2 Å². The number of carbonyl (C=O) groups excluding carboxylic acids is 1. The molecular formula is C5H6N2OS. The molecule has 0 saturated carbocycles. The summed E-state index contributed by atoms with van der Waals surface area (Å²) in [7, 11) is 0. The first-order valence-electron chi connectivity index (χ1n) is 2.77. The molecule has 4 heteroatoms. The van der Waals surface area contributed by atoms with Crippen molar-refractivity contribution in [2.75, 3.05) is 0 Å². The molecule has 2 heterocycles. The maximum absolute atomic E-state index is 10.7. The van der Waals surface area contributed by atoms with Crippen molar-refractivity contribution < 1.29 is 4.79 Å². The van der Waals surface area contributed by atoms with E-state index in [0.29, 0.717) is 6.42 Å². The Morgan fingerprint density at radius 1 is 1.89 bits per heavy atom. The molecule has 0 spiro atoms. The van der Waals surface area contributed by atoms with Crippen molar-refractivity contribution >= 4 is 17.9 Å². The molecule has 2 aliphatic heterocycles. The van der Waals surface area contributed by atoms with Crippen LogP contribution in [0, 0.1) is 0 Å². The molecule has 0 aromatic rings. The second-order valence-electron chi connectivity index (χ2n) is 2.04. The number of rotatable bonds is 0. The van der Waals surface area contributed by atoms with Crippen LogP contribution in [0.4, 0.5) is 0 Å². The van der Waals surface area contributed by atoms with Crippen molar-refractivity contribution in [1.82, 2.24) is 9.62 Å². The predicted molar refractivity (Wildman–Crippen MR) is 35.1 cm³/mol. The minimum atomic E-state index is 0.212. The highest BCUT2D eigenvalue weighted by molar-refractivity contribution is 8.00. The number of hydrogen-bond donors (Lipinski definition) is 1.